The van der Waals surface area contributed by atoms with Crippen molar-refractivity contribution in [2.24, 2.45) is 5.73 Å². The van der Waals surface area contributed by atoms with Crippen LogP contribution in [-0.2, 0) is 9.47 Å². The third-order valence-electron chi connectivity index (χ3n) is 2.23. The fraction of sp³-hybridized carbons (Fsp3) is 0.900. The van der Waals surface area contributed by atoms with Crippen molar-refractivity contribution in [1.29, 1.82) is 0 Å². The number of amides is 1. The number of hydrogen-bond acceptors (Lipinski definition) is 4. The van der Waals surface area contributed by atoms with Crippen molar-refractivity contribution in [1.82, 2.24) is 4.90 Å². The van der Waals surface area contributed by atoms with Gasteiger partial charge in [-0.05, 0) is 20.8 Å². The predicted octanol–water partition coefficient (Wildman–Crippen LogP) is 0.467. The zero-order valence-electron chi connectivity index (χ0n) is 10.0. The molecule has 0 aromatic carbocycles. The summed E-state index contributed by atoms with van der Waals surface area (Å²) in [5.41, 5.74) is 5.21. The van der Waals surface area contributed by atoms with Crippen LogP contribution in [0.3, 0.4) is 0 Å². The van der Waals surface area contributed by atoms with Crippen LogP contribution in [0.25, 0.3) is 0 Å². The number of nitrogens with two attached hydrogens (primary N) is 1. The molecule has 1 amide bonds. The number of hydrogen-bond donors (Lipinski definition) is 2. The van der Waals surface area contributed by atoms with Gasteiger partial charge in [0, 0.05) is 13.1 Å². The smallest absolute Gasteiger partial charge is 0.407 e. The molecule has 1 rings (SSSR count). The van der Waals surface area contributed by atoms with Gasteiger partial charge in [-0.1, -0.05) is 0 Å². The van der Waals surface area contributed by atoms with Crippen LogP contribution < -0.4 is 5.73 Å². The van der Waals surface area contributed by atoms with Crippen molar-refractivity contribution in [2.45, 2.75) is 32.2 Å². The van der Waals surface area contributed by atoms with E-state index in [0.29, 0.717) is 13.2 Å². The molecular weight excluding hydrogens is 212 g/mol. The summed E-state index contributed by atoms with van der Waals surface area (Å²) >= 11 is 0. The van der Waals surface area contributed by atoms with Gasteiger partial charge in [-0.25, -0.2) is 4.79 Å². The molecule has 1 unspecified atom stereocenters. The Morgan fingerprint density at radius 2 is 2.25 bits per heavy atom. The number of ether oxygens (including phenoxy) is 2. The number of nitrogens with zero attached hydrogens (tertiary/aromatic N) is 1. The van der Waals surface area contributed by atoms with Crippen molar-refractivity contribution in [2.75, 3.05) is 26.2 Å². The first-order valence-electron chi connectivity index (χ1n) is 5.30. The maximum atomic E-state index is 10.9. The van der Waals surface area contributed by atoms with Gasteiger partial charge in [0.05, 0.1) is 18.8 Å². The van der Waals surface area contributed by atoms with Crippen molar-refractivity contribution < 1.29 is 19.4 Å². The highest BCUT2D eigenvalue weighted by Gasteiger charge is 2.41. The number of rotatable bonds is 2. The van der Waals surface area contributed by atoms with E-state index in [9.17, 15) is 4.79 Å². The van der Waals surface area contributed by atoms with E-state index < -0.39 is 17.5 Å². The largest absolute Gasteiger partial charge is 0.465 e. The molecule has 0 aromatic heterocycles. The summed E-state index contributed by atoms with van der Waals surface area (Å²) in [6.07, 6.45) is -0.973. The summed E-state index contributed by atoms with van der Waals surface area (Å²) < 4.78 is 11.3. The molecule has 1 aliphatic heterocycles. The van der Waals surface area contributed by atoms with E-state index >= 15 is 0 Å². The Morgan fingerprint density at radius 3 is 2.69 bits per heavy atom. The molecule has 0 aliphatic carbocycles. The quantitative estimate of drug-likeness (QED) is 0.722. The summed E-state index contributed by atoms with van der Waals surface area (Å²) in [6.45, 7) is 6.59. The zero-order valence-corrected chi connectivity index (χ0v) is 10.0. The molecule has 0 saturated carbocycles. The van der Waals surface area contributed by atoms with Gasteiger partial charge in [0.1, 0.15) is 0 Å². The van der Waals surface area contributed by atoms with E-state index in [2.05, 4.69) is 0 Å². The molecule has 0 spiro atoms. The monoisotopic (exact) mass is 232 g/mol. The second-order valence-electron chi connectivity index (χ2n) is 4.88. The fourth-order valence-electron chi connectivity index (χ4n) is 1.71. The molecule has 1 heterocycles. The standard InChI is InChI=1S/C10H20N2O4/c1-9(2,3)16-10(6-11)7-12(8(13)14)4-5-15-10/h4-7,11H2,1-3H3,(H,13,14). The predicted molar refractivity (Wildman–Crippen MR) is 58.2 cm³/mol. The molecule has 1 atom stereocenters. The molecule has 0 radical (unpaired) electrons. The van der Waals surface area contributed by atoms with E-state index in [1.54, 1.807) is 0 Å². The molecule has 0 bridgehead atoms. The van der Waals surface area contributed by atoms with Gasteiger partial charge in [0.25, 0.3) is 0 Å². The zero-order chi connectivity index (χ0) is 12.4. The van der Waals surface area contributed by atoms with E-state index in [1.165, 1.54) is 4.90 Å². The molecule has 3 N–H and O–H groups in total. The van der Waals surface area contributed by atoms with Crippen molar-refractivity contribution >= 4 is 6.09 Å². The Bertz CT molecular complexity index is 264. The Balaban J connectivity index is 2.75. The second-order valence-corrected chi connectivity index (χ2v) is 4.88. The second kappa shape index (κ2) is 4.57. The van der Waals surface area contributed by atoms with Gasteiger partial charge in [-0.2, -0.15) is 0 Å². The first kappa shape index (κ1) is 13.2. The molecule has 6 heteroatoms. The van der Waals surface area contributed by atoms with Gasteiger partial charge in [0.15, 0.2) is 5.79 Å². The van der Waals surface area contributed by atoms with Crippen LogP contribution in [-0.4, -0.2) is 53.7 Å². The van der Waals surface area contributed by atoms with E-state index in [1.807, 2.05) is 20.8 Å². The summed E-state index contributed by atoms with van der Waals surface area (Å²) in [7, 11) is 0. The first-order chi connectivity index (χ1) is 7.28. The lowest BCUT2D eigenvalue weighted by atomic mass is 10.1. The van der Waals surface area contributed by atoms with Gasteiger partial charge >= 0.3 is 6.09 Å². The van der Waals surface area contributed by atoms with Crippen LogP contribution in [0.2, 0.25) is 0 Å². The summed E-state index contributed by atoms with van der Waals surface area (Å²) in [6, 6.07) is 0. The third-order valence-corrected chi connectivity index (χ3v) is 2.23. The lowest BCUT2D eigenvalue weighted by molar-refractivity contribution is -0.292. The summed E-state index contributed by atoms with van der Waals surface area (Å²) in [5.74, 6) is -1.02. The highest BCUT2D eigenvalue weighted by molar-refractivity contribution is 5.65. The lowest BCUT2D eigenvalue weighted by Crippen LogP contribution is -2.60. The molecule has 1 aliphatic rings. The van der Waals surface area contributed by atoms with E-state index in [0.717, 1.165) is 0 Å². The maximum Gasteiger partial charge on any atom is 0.407 e. The van der Waals surface area contributed by atoms with Crippen LogP contribution in [0.15, 0.2) is 0 Å². The Labute approximate surface area is 95.3 Å². The minimum Gasteiger partial charge on any atom is -0.465 e. The van der Waals surface area contributed by atoms with Crippen LogP contribution in [0.4, 0.5) is 4.79 Å². The average molecular weight is 232 g/mol. The minimum absolute atomic E-state index is 0.133. The summed E-state index contributed by atoms with van der Waals surface area (Å²) in [4.78, 5) is 12.2. The van der Waals surface area contributed by atoms with E-state index in [4.69, 9.17) is 20.3 Å². The van der Waals surface area contributed by atoms with Crippen molar-refractivity contribution in [3.8, 4) is 0 Å². The van der Waals surface area contributed by atoms with Gasteiger partial charge in [-0.15, -0.1) is 0 Å². The molecule has 0 aromatic rings. The van der Waals surface area contributed by atoms with Gasteiger partial charge in [0.2, 0.25) is 0 Å². The molecule has 1 fully saturated rings. The fourth-order valence-corrected chi connectivity index (χ4v) is 1.71. The Morgan fingerprint density at radius 1 is 1.62 bits per heavy atom. The topological polar surface area (TPSA) is 85.0 Å². The number of carboxylic acid groups (broad SMARTS) is 1. The van der Waals surface area contributed by atoms with Crippen molar-refractivity contribution in [3.63, 3.8) is 0 Å². The maximum absolute atomic E-state index is 10.9. The molecule has 6 nitrogen and oxygen atoms in total. The lowest BCUT2D eigenvalue weighted by Gasteiger charge is -2.43. The summed E-state index contributed by atoms with van der Waals surface area (Å²) in [5, 5.41) is 8.94. The van der Waals surface area contributed by atoms with E-state index in [-0.39, 0.29) is 13.1 Å². The third kappa shape index (κ3) is 3.33. The number of morpholine rings is 1. The molecule has 94 valence electrons. The average Bonchev–Trinajstić information content (AvgIpc) is 2.15. The first-order valence-corrected chi connectivity index (χ1v) is 5.30. The van der Waals surface area contributed by atoms with Crippen LogP contribution in [0, 0.1) is 0 Å². The van der Waals surface area contributed by atoms with Crippen LogP contribution >= 0.6 is 0 Å². The highest BCUT2D eigenvalue weighted by atomic mass is 16.7. The normalized spacial score (nSPS) is 26.9. The van der Waals surface area contributed by atoms with Gasteiger partial charge < -0.3 is 25.2 Å². The van der Waals surface area contributed by atoms with Crippen LogP contribution in [0.1, 0.15) is 20.8 Å². The molecule has 16 heavy (non-hydrogen) atoms. The SMILES string of the molecule is CC(C)(C)OC1(CN)CN(C(=O)O)CCO1. The highest BCUT2D eigenvalue weighted by Crippen LogP contribution is 2.25. The Hall–Kier alpha value is -0.850. The minimum atomic E-state index is -1.02. The van der Waals surface area contributed by atoms with Crippen molar-refractivity contribution in [3.05, 3.63) is 0 Å². The molecule has 1 saturated heterocycles. The van der Waals surface area contributed by atoms with Crippen LogP contribution in [0.5, 0.6) is 0 Å². The number of carbonyl (C=O) groups is 1. The molecular formula is C10H20N2O4. The van der Waals surface area contributed by atoms with Gasteiger partial charge in [-0.3, -0.25) is 0 Å². The Kier molecular flexibility index (Phi) is 3.77.